The zero-order valence-corrected chi connectivity index (χ0v) is 13.6. The molecule has 0 saturated heterocycles. The Bertz CT molecular complexity index is 696. The molecule has 23 heavy (non-hydrogen) atoms. The number of nitrogens with one attached hydrogen (secondary N) is 1. The molecule has 1 aromatic carbocycles. The Morgan fingerprint density at radius 3 is 2.87 bits per heavy atom. The van der Waals surface area contributed by atoms with Crippen molar-refractivity contribution in [1.29, 1.82) is 0 Å². The quantitative estimate of drug-likeness (QED) is 0.911. The smallest absolute Gasteiger partial charge is 0.272 e. The van der Waals surface area contributed by atoms with Gasteiger partial charge in [-0.2, -0.15) is 5.10 Å². The lowest BCUT2D eigenvalue weighted by atomic mass is 9.86. The number of aliphatic hydroxyl groups is 1. The third kappa shape index (κ3) is 3.01. The Balaban J connectivity index is 1.79. The standard InChI is InChI=1S/C18H23N3O2/c1-13-11-15(20-21(13)14-7-4-3-5-8-14)17(23)19-16-9-6-10-18(16,2)12-22/h3-5,7-8,11,16,22H,6,9-10,12H2,1-2H3,(H,19,23). The van der Waals surface area contributed by atoms with Gasteiger partial charge in [-0.05, 0) is 38.0 Å². The monoisotopic (exact) mass is 313 g/mol. The number of para-hydroxylation sites is 1. The first kappa shape index (κ1) is 15.7. The first-order valence-electron chi connectivity index (χ1n) is 8.07. The molecule has 0 radical (unpaired) electrons. The summed E-state index contributed by atoms with van der Waals surface area (Å²) in [5, 5.41) is 17.1. The van der Waals surface area contributed by atoms with Crippen LogP contribution >= 0.6 is 0 Å². The molecule has 1 aliphatic rings. The fourth-order valence-corrected chi connectivity index (χ4v) is 3.32. The minimum atomic E-state index is -0.229. The van der Waals surface area contributed by atoms with Gasteiger partial charge in [-0.1, -0.05) is 31.5 Å². The van der Waals surface area contributed by atoms with Gasteiger partial charge in [0, 0.05) is 17.2 Å². The summed E-state index contributed by atoms with van der Waals surface area (Å²) < 4.78 is 1.77. The number of amides is 1. The molecular formula is C18H23N3O2. The largest absolute Gasteiger partial charge is 0.396 e. The van der Waals surface area contributed by atoms with E-state index in [9.17, 15) is 9.90 Å². The molecule has 2 aromatic rings. The van der Waals surface area contributed by atoms with Crippen LogP contribution in [-0.4, -0.2) is 33.4 Å². The Morgan fingerprint density at radius 2 is 2.17 bits per heavy atom. The predicted molar refractivity (Wildman–Crippen MR) is 88.6 cm³/mol. The van der Waals surface area contributed by atoms with E-state index in [1.807, 2.05) is 44.2 Å². The number of benzene rings is 1. The highest BCUT2D eigenvalue weighted by Gasteiger charge is 2.39. The summed E-state index contributed by atoms with van der Waals surface area (Å²) >= 11 is 0. The molecule has 1 aliphatic carbocycles. The highest BCUT2D eigenvalue weighted by atomic mass is 16.3. The van der Waals surface area contributed by atoms with Gasteiger partial charge in [0.25, 0.3) is 5.91 Å². The van der Waals surface area contributed by atoms with E-state index in [1.54, 1.807) is 10.7 Å². The van der Waals surface area contributed by atoms with Crippen molar-refractivity contribution in [1.82, 2.24) is 15.1 Å². The molecule has 1 fully saturated rings. The second-order valence-electron chi connectivity index (χ2n) is 6.65. The maximum absolute atomic E-state index is 12.5. The summed E-state index contributed by atoms with van der Waals surface area (Å²) in [4.78, 5) is 12.5. The third-order valence-corrected chi connectivity index (χ3v) is 4.87. The lowest BCUT2D eigenvalue weighted by molar-refractivity contribution is 0.0825. The molecule has 0 bridgehead atoms. The van der Waals surface area contributed by atoms with E-state index in [1.165, 1.54) is 0 Å². The SMILES string of the molecule is Cc1cc(C(=O)NC2CCCC2(C)CO)nn1-c1ccccc1. The normalized spacial score (nSPS) is 23.9. The van der Waals surface area contributed by atoms with Crippen LogP contribution in [0.1, 0.15) is 42.4 Å². The molecule has 3 rings (SSSR count). The maximum Gasteiger partial charge on any atom is 0.272 e. The minimum absolute atomic E-state index is 0.00202. The summed E-state index contributed by atoms with van der Waals surface area (Å²) in [7, 11) is 0. The van der Waals surface area contributed by atoms with Gasteiger partial charge in [-0.15, -0.1) is 0 Å². The number of nitrogens with zero attached hydrogens (tertiary/aromatic N) is 2. The molecule has 0 aliphatic heterocycles. The molecule has 1 saturated carbocycles. The van der Waals surface area contributed by atoms with Gasteiger partial charge in [0.05, 0.1) is 12.3 Å². The number of rotatable bonds is 4. The van der Waals surface area contributed by atoms with Crippen LogP contribution in [-0.2, 0) is 0 Å². The van der Waals surface area contributed by atoms with Crippen LogP contribution in [0.3, 0.4) is 0 Å². The number of aromatic nitrogens is 2. The topological polar surface area (TPSA) is 67.2 Å². The summed E-state index contributed by atoms with van der Waals surface area (Å²) in [6.45, 7) is 4.05. The van der Waals surface area contributed by atoms with Crippen molar-refractivity contribution in [2.75, 3.05) is 6.61 Å². The number of carbonyl (C=O) groups is 1. The van der Waals surface area contributed by atoms with E-state index in [-0.39, 0.29) is 24.0 Å². The molecule has 2 atom stereocenters. The second kappa shape index (κ2) is 6.16. The third-order valence-electron chi connectivity index (χ3n) is 4.87. The van der Waals surface area contributed by atoms with Crippen LogP contribution in [0.25, 0.3) is 5.69 Å². The highest BCUT2D eigenvalue weighted by molar-refractivity contribution is 5.92. The number of carbonyl (C=O) groups excluding carboxylic acids is 1. The predicted octanol–water partition coefficient (Wildman–Crippen LogP) is 2.46. The Kier molecular flexibility index (Phi) is 4.22. The van der Waals surface area contributed by atoms with Crippen LogP contribution in [0.2, 0.25) is 0 Å². The number of hydrogen-bond donors (Lipinski definition) is 2. The van der Waals surface area contributed by atoms with Crippen molar-refractivity contribution in [2.45, 2.75) is 39.2 Å². The van der Waals surface area contributed by atoms with E-state index < -0.39 is 0 Å². The molecule has 0 spiro atoms. The van der Waals surface area contributed by atoms with Crippen LogP contribution < -0.4 is 5.32 Å². The molecule has 5 nitrogen and oxygen atoms in total. The fourth-order valence-electron chi connectivity index (χ4n) is 3.32. The summed E-state index contributed by atoms with van der Waals surface area (Å²) in [5.41, 5.74) is 2.04. The van der Waals surface area contributed by atoms with Crippen molar-refractivity contribution in [3.05, 3.63) is 47.8 Å². The number of hydrogen-bond acceptors (Lipinski definition) is 3. The maximum atomic E-state index is 12.5. The van der Waals surface area contributed by atoms with Crippen LogP contribution in [0.15, 0.2) is 36.4 Å². The van der Waals surface area contributed by atoms with E-state index >= 15 is 0 Å². The van der Waals surface area contributed by atoms with Gasteiger partial charge in [-0.25, -0.2) is 4.68 Å². The lowest BCUT2D eigenvalue weighted by Crippen LogP contribution is -2.44. The molecule has 1 amide bonds. The average molecular weight is 313 g/mol. The lowest BCUT2D eigenvalue weighted by Gasteiger charge is -2.29. The van der Waals surface area contributed by atoms with Crippen molar-refractivity contribution < 1.29 is 9.90 Å². The number of aliphatic hydroxyl groups excluding tert-OH is 1. The molecule has 1 heterocycles. The molecule has 2 N–H and O–H groups in total. The first-order valence-corrected chi connectivity index (χ1v) is 8.07. The van der Waals surface area contributed by atoms with Gasteiger partial charge in [0.15, 0.2) is 5.69 Å². The Morgan fingerprint density at radius 1 is 1.43 bits per heavy atom. The zero-order valence-electron chi connectivity index (χ0n) is 13.6. The molecular weight excluding hydrogens is 290 g/mol. The van der Waals surface area contributed by atoms with Gasteiger partial charge in [-0.3, -0.25) is 4.79 Å². The molecule has 1 aromatic heterocycles. The first-order chi connectivity index (χ1) is 11.0. The van der Waals surface area contributed by atoms with E-state index in [2.05, 4.69) is 10.4 Å². The molecule has 5 heteroatoms. The Hall–Kier alpha value is -2.14. The summed E-state index contributed by atoms with van der Waals surface area (Å²) in [6.07, 6.45) is 2.87. The van der Waals surface area contributed by atoms with Gasteiger partial charge < -0.3 is 10.4 Å². The van der Waals surface area contributed by atoms with E-state index in [0.29, 0.717) is 5.69 Å². The van der Waals surface area contributed by atoms with Gasteiger partial charge >= 0.3 is 0 Å². The number of aryl methyl sites for hydroxylation is 1. The molecule has 2 unspecified atom stereocenters. The zero-order chi connectivity index (χ0) is 16.4. The van der Waals surface area contributed by atoms with Crippen LogP contribution in [0.4, 0.5) is 0 Å². The summed E-state index contributed by atoms with van der Waals surface area (Å²) in [6, 6.07) is 11.6. The minimum Gasteiger partial charge on any atom is -0.396 e. The van der Waals surface area contributed by atoms with Crippen molar-refractivity contribution in [3.63, 3.8) is 0 Å². The van der Waals surface area contributed by atoms with Crippen molar-refractivity contribution in [3.8, 4) is 5.69 Å². The van der Waals surface area contributed by atoms with Crippen LogP contribution in [0.5, 0.6) is 0 Å². The molecule has 122 valence electrons. The summed E-state index contributed by atoms with van der Waals surface area (Å²) in [5.74, 6) is -0.172. The average Bonchev–Trinajstić information content (AvgIpc) is 3.12. The highest BCUT2D eigenvalue weighted by Crippen LogP contribution is 2.37. The Labute approximate surface area is 136 Å². The van der Waals surface area contributed by atoms with Crippen LogP contribution in [0, 0.1) is 12.3 Å². The van der Waals surface area contributed by atoms with E-state index in [4.69, 9.17) is 0 Å². The van der Waals surface area contributed by atoms with E-state index in [0.717, 1.165) is 30.6 Å². The van der Waals surface area contributed by atoms with Gasteiger partial charge in [0.1, 0.15) is 0 Å². The second-order valence-corrected chi connectivity index (χ2v) is 6.65. The van der Waals surface area contributed by atoms with Crippen molar-refractivity contribution in [2.24, 2.45) is 5.41 Å². The fraction of sp³-hybridized carbons (Fsp3) is 0.444. The van der Waals surface area contributed by atoms with Gasteiger partial charge in [0.2, 0.25) is 0 Å². The van der Waals surface area contributed by atoms with Crippen molar-refractivity contribution >= 4 is 5.91 Å².